The van der Waals surface area contributed by atoms with Gasteiger partial charge >= 0.3 is 0 Å². The van der Waals surface area contributed by atoms with Gasteiger partial charge in [0.15, 0.2) is 5.78 Å². The van der Waals surface area contributed by atoms with Crippen LogP contribution >= 0.6 is 0 Å². The zero-order valence-corrected chi connectivity index (χ0v) is 14.0. The van der Waals surface area contributed by atoms with Crippen LogP contribution < -0.4 is 0 Å². The van der Waals surface area contributed by atoms with Gasteiger partial charge in [-0.1, -0.05) is 12.1 Å². The molecule has 0 fully saturated rings. The van der Waals surface area contributed by atoms with E-state index in [0.717, 1.165) is 11.1 Å². The normalized spacial score (nSPS) is 21.4. The molecule has 1 radical (unpaired) electrons. The molecule has 0 aromatic heterocycles. The van der Waals surface area contributed by atoms with Crippen LogP contribution in [-0.2, 0) is 43.9 Å². The summed E-state index contributed by atoms with van der Waals surface area (Å²) in [5.41, 5.74) is 3.15. The van der Waals surface area contributed by atoms with E-state index in [0.29, 0.717) is 18.4 Å². The van der Waals surface area contributed by atoms with Gasteiger partial charge in [-0.25, -0.2) is 0 Å². The van der Waals surface area contributed by atoms with E-state index >= 15 is 0 Å². The van der Waals surface area contributed by atoms with Crippen LogP contribution in [0.25, 0.3) is 0 Å². The molecule has 0 heterocycles. The van der Waals surface area contributed by atoms with Gasteiger partial charge in [-0.2, -0.15) is 6.42 Å². The molecule has 18 heavy (non-hydrogen) atoms. The molecule has 0 aliphatic heterocycles. The molecular weight excluding hydrogens is 301 g/mol. The maximum atomic E-state index is 12.4. The van der Waals surface area contributed by atoms with Crippen LogP contribution in [0, 0.1) is 26.2 Å². The van der Waals surface area contributed by atoms with E-state index in [2.05, 4.69) is 6.92 Å². The van der Waals surface area contributed by atoms with Crippen LogP contribution in [0.1, 0.15) is 40.4 Å². The monoisotopic (exact) mass is 318 g/mol. The molecule has 1 aliphatic carbocycles. The number of carbonyl (C=O) groups is 2. The van der Waals surface area contributed by atoms with Crippen molar-refractivity contribution in [1.82, 2.24) is 0 Å². The molecule has 2 rings (SSSR count). The fraction of sp³-hybridized carbons (Fsp3) is 0.400. The molecular formula is C15H17O2Y-. The summed E-state index contributed by atoms with van der Waals surface area (Å²) in [5.74, 6) is -0.108. The van der Waals surface area contributed by atoms with Gasteiger partial charge in [-0.15, -0.1) is 0 Å². The summed E-state index contributed by atoms with van der Waals surface area (Å²) in [7, 11) is 0. The molecule has 1 aromatic carbocycles. The Morgan fingerprint density at radius 1 is 1.39 bits per heavy atom. The summed E-state index contributed by atoms with van der Waals surface area (Å²) >= 11 is 0. The van der Waals surface area contributed by atoms with Crippen LogP contribution in [0.2, 0.25) is 0 Å². The van der Waals surface area contributed by atoms with Crippen LogP contribution in [0.5, 0.6) is 0 Å². The number of hydrogen-bond donors (Lipinski definition) is 0. The maximum absolute atomic E-state index is 12.4. The van der Waals surface area contributed by atoms with Crippen molar-refractivity contribution in [2.45, 2.75) is 33.6 Å². The third-order valence-electron chi connectivity index (χ3n) is 4.13. The van der Waals surface area contributed by atoms with E-state index in [1.165, 1.54) is 12.5 Å². The Labute approximate surface area is 133 Å². The summed E-state index contributed by atoms with van der Waals surface area (Å²) in [4.78, 5) is 24.2. The van der Waals surface area contributed by atoms with Crippen LogP contribution in [0.3, 0.4) is 0 Å². The fourth-order valence-electron chi connectivity index (χ4n) is 2.62. The van der Waals surface area contributed by atoms with Crippen molar-refractivity contribution in [3.05, 3.63) is 41.3 Å². The number of fused-ring (bicyclic) bond motifs is 1. The largest absolute Gasteiger partial charge is 0.342 e. The molecule has 1 aliphatic rings. The van der Waals surface area contributed by atoms with Gasteiger partial charge in [-0.05, 0) is 43.9 Å². The van der Waals surface area contributed by atoms with E-state index < -0.39 is 5.41 Å². The van der Waals surface area contributed by atoms with Crippen molar-refractivity contribution in [3.63, 3.8) is 0 Å². The first-order chi connectivity index (χ1) is 7.94. The van der Waals surface area contributed by atoms with E-state index in [-0.39, 0.29) is 44.3 Å². The average Bonchev–Trinajstić information content (AvgIpc) is 2.59. The molecule has 1 atom stereocenters. The quantitative estimate of drug-likeness (QED) is 0.621. The topological polar surface area (TPSA) is 34.1 Å². The van der Waals surface area contributed by atoms with Crippen molar-refractivity contribution in [2.75, 3.05) is 0 Å². The average molecular weight is 318 g/mol. The minimum absolute atomic E-state index is 0. The Hall–Kier alpha value is -0.336. The number of hydrogen-bond acceptors (Lipinski definition) is 2. The molecule has 0 amide bonds. The first-order valence-electron chi connectivity index (χ1n) is 5.88. The summed E-state index contributed by atoms with van der Waals surface area (Å²) in [5, 5.41) is 0. The summed E-state index contributed by atoms with van der Waals surface area (Å²) in [6, 6.07) is 3.80. The second-order valence-corrected chi connectivity index (χ2v) is 4.93. The second-order valence-electron chi connectivity index (χ2n) is 4.93. The van der Waals surface area contributed by atoms with E-state index in [1.807, 2.05) is 26.0 Å². The fourth-order valence-corrected chi connectivity index (χ4v) is 2.62. The number of ketones is 2. The predicted molar refractivity (Wildman–Crippen MR) is 67.0 cm³/mol. The molecule has 0 N–H and O–H groups in total. The Morgan fingerprint density at radius 3 is 2.50 bits per heavy atom. The van der Waals surface area contributed by atoms with Crippen LogP contribution in [-0.4, -0.2) is 11.6 Å². The Bertz CT molecular complexity index is 519. The van der Waals surface area contributed by atoms with Crippen molar-refractivity contribution in [1.29, 1.82) is 0 Å². The van der Waals surface area contributed by atoms with Gasteiger partial charge < -0.3 is 6.92 Å². The van der Waals surface area contributed by atoms with Gasteiger partial charge in [0.1, 0.15) is 5.78 Å². The zero-order chi connectivity index (χ0) is 12.8. The predicted octanol–water partition coefficient (Wildman–Crippen LogP) is 2.84. The smallest absolute Gasteiger partial charge is 0.174 e. The molecule has 0 saturated carbocycles. The number of benzene rings is 1. The molecule has 2 nitrogen and oxygen atoms in total. The van der Waals surface area contributed by atoms with Crippen molar-refractivity contribution in [2.24, 2.45) is 5.41 Å². The third-order valence-corrected chi connectivity index (χ3v) is 4.13. The van der Waals surface area contributed by atoms with Crippen molar-refractivity contribution >= 4 is 11.6 Å². The zero-order valence-electron chi connectivity index (χ0n) is 11.2. The minimum Gasteiger partial charge on any atom is -0.342 e. The van der Waals surface area contributed by atoms with E-state index in [4.69, 9.17) is 0 Å². The van der Waals surface area contributed by atoms with E-state index in [9.17, 15) is 9.59 Å². The SMILES string of the molecule is [CH2-]CC1(C(C)=O)Cc2c(ccc(C)c2C)C1=O.[Y]. The number of Topliss-reactive ketones (excluding diaryl/α,β-unsaturated/α-hetero) is 2. The standard InChI is InChI=1S/C15H17O2.Y/c1-5-15(11(4)16)8-13-10(3)9(2)6-7-12(13)14(15)17;/h6-7H,1,5,8H2,2-4H3;/q-1;. The van der Waals surface area contributed by atoms with Gasteiger partial charge in [0.25, 0.3) is 0 Å². The van der Waals surface area contributed by atoms with Crippen LogP contribution in [0.4, 0.5) is 0 Å². The Kier molecular flexibility index (Phi) is 4.67. The molecule has 1 unspecified atom stereocenters. The van der Waals surface area contributed by atoms with Gasteiger partial charge in [0.2, 0.25) is 0 Å². The molecule has 3 heteroatoms. The molecule has 0 bridgehead atoms. The molecule has 0 saturated heterocycles. The Morgan fingerprint density at radius 2 is 2.00 bits per heavy atom. The maximum Gasteiger partial charge on any atom is 0.174 e. The number of carbonyl (C=O) groups excluding carboxylic acids is 2. The van der Waals surface area contributed by atoms with Crippen molar-refractivity contribution < 1.29 is 42.3 Å². The van der Waals surface area contributed by atoms with Crippen molar-refractivity contribution in [3.8, 4) is 0 Å². The van der Waals surface area contributed by atoms with Gasteiger partial charge in [0.05, 0.1) is 5.41 Å². The number of aryl methyl sites for hydroxylation is 1. The second kappa shape index (κ2) is 5.34. The minimum atomic E-state index is -0.902. The van der Waals surface area contributed by atoms with Gasteiger partial charge in [0, 0.05) is 38.3 Å². The van der Waals surface area contributed by atoms with Crippen LogP contribution in [0.15, 0.2) is 12.1 Å². The third kappa shape index (κ3) is 2.04. The molecule has 0 spiro atoms. The molecule has 93 valence electrons. The van der Waals surface area contributed by atoms with Gasteiger partial charge in [-0.3, -0.25) is 9.59 Å². The Balaban J connectivity index is 0.00000162. The number of rotatable bonds is 2. The summed E-state index contributed by atoms with van der Waals surface area (Å²) in [6.45, 7) is 9.34. The summed E-state index contributed by atoms with van der Waals surface area (Å²) < 4.78 is 0. The summed E-state index contributed by atoms with van der Waals surface area (Å²) in [6.07, 6.45) is 0.863. The van der Waals surface area contributed by atoms with E-state index in [1.54, 1.807) is 0 Å². The first-order valence-corrected chi connectivity index (χ1v) is 5.88. The first kappa shape index (κ1) is 15.7. The molecule has 1 aromatic rings.